The SMILES string of the molecule is COc1ccc(C(=O)C(C)Cl)c(C)c1. The van der Waals surface area contributed by atoms with Crippen LogP contribution in [0.15, 0.2) is 18.2 Å². The average Bonchev–Trinajstić information content (AvgIpc) is 2.16. The predicted molar refractivity (Wildman–Crippen MR) is 57.4 cm³/mol. The number of rotatable bonds is 3. The first-order chi connectivity index (χ1) is 6.56. The first-order valence-electron chi connectivity index (χ1n) is 4.39. The molecule has 0 aliphatic rings. The second-order valence-electron chi connectivity index (χ2n) is 3.16. The molecule has 0 saturated heterocycles. The van der Waals surface area contributed by atoms with Crippen LogP contribution in [-0.2, 0) is 0 Å². The van der Waals surface area contributed by atoms with Crippen LogP contribution in [0.4, 0.5) is 0 Å². The van der Waals surface area contributed by atoms with Gasteiger partial charge in [0.15, 0.2) is 5.78 Å². The lowest BCUT2D eigenvalue weighted by Gasteiger charge is -2.08. The topological polar surface area (TPSA) is 26.3 Å². The summed E-state index contributed by atoms with van der Waals surface area (Å²) in [5, 5.41) is -0.484. The number of carbonyl (C=O) groups excluding carboxylic acids is 1. The number of hydrogen-bond donors (Lipinski definition) is 0. The number of Topliss-reactive ketones (excluding diaryl/α,β-unsaturated/α-hetero) is 1. The highest BCUT2D eigenvalue weighted by Crippen LogP contribution is 2.19. The van der Waals surface area contributed by atoms with Crippen LogP contribution in [0.5, 0.6) is 5.75 Å². The van der Waals surface area contributed by atoms with E-state index in [4.69, 9.17) is 16.3 Å². The first-order valence-corrected chi connectivity index (χ1v) is 4.83. The molecule has 0 radical (unpaired) electrons. The van der Waals surface area contributed by atoms with E-state index < -0.39 is 5.38 Å². The molecule has 0 saturated carbocycles. The molecule has 0 heterocycles. The number of aryl methyl sites for hydroxylation is 1. The number of ketones is 1. The zero-order valence-electron chi connectivity index (χ0n) is 8.50. The number of hydrogen-bond acceptors (Lipinski definition) is 2. The highest BCUT2D eigenvalue weighted by molar-refractivity contribution is 6.33. The monoisotopic (exact) mass is 212 g/mol. The summed E-state index contributed by atoms with van der Waals surface area (Å²) < 4.78 is 5.05. The van der Waals surface area contributed by atoms with Gasteiger partial charge in [0.25, 0.3) is 0 Å². The molecule has 0 amide bonds. The van der Waals surface area contributed by atoms with E-state index >= 15 is 0 Å². The molecule has 1 aromatic rings. The van der Waals surface area contributed by atoms with Crippen molar-refractivity contribution in [3.8, 4) is 5.75 Å². The summed E-state index contributed by atoms with van der Waals surface area (Å²) in [5.74, 6) is 0.702. The van der Waals surface area contributed by atoms with Crippen molar-refractivity contribution in [1.29, 1.82) is 0 Å². The standard InChI is InChI=1S/C11H13ClO2/c1-7-6-9(14-3)4-5-10(7)11(13)8(2)12/h4-6,8H,1-3H3. The van der Waals surface area contributed by atoms with Gasteiger partial charge >= 0.3 is 0 Å². The Morgan fingerprint density at radius 3 is 2.57 bits per heavy atom. The molecule has 3 heteroatoms. The molecule has 0 bridgehead atoms. The lowest BCUT2D eigenvalue weighted by molar-refractivity contribution is 0.0991. The van der Waals surface area contributed by atoms with Crippen molar-refractivity contribution in [2.75, 3.05) is 7.11 Å². The summed E-state index contributed by atoms with van der Waals surface area (Å²) >= 11 is 5.73. The second-order valence-corrected chi connectivity index (χ2v) is 3.82. The van der Waals surface area contributed by atoms with Crippen molar-refractivity contribution in [3.05, 3.63) is 29.3 Å². The third-order valence-corrected chi connectivity index (χ3v) is 2.26. The maximum absolute atomic E-state index is 11.6. The molecule has 0 aliphatic heterocycles. The predicted octanol–water partition coefficient (Wildman–Crippen LogP) is 2.81. The van der Waals surface area contributed by atoms with Crippen LogP contribution in [0.25, 0.3) is 0 Å². The van der Waals surface area contributed by atoms with Crippen LogP contribution in [0.1, 0.15) is 22.8 Å². The lowest BCUT2D eigenvalue weighted by Crippen LogP contribution is -2.11. The van der Waals surface area contributed by atoms with E-state index in [-0.39, 0.29) is 5.78 Å². The van der Waals surface area contributed by atoms with Gasteiger partial charge in [-0.3, -0.25) is 4.79 Å². The molecule has 0 spiro atoms. The lowest BCUT2D eigenvalue weighted by atomic mass is 10.0. The normalized spacial score (nSPS) is 12.3. The number of carbonyl (C=O) groups is 1. The Hall–Kier alpha value is -1.02. The third-order valence-electron chi connectivity index (χ3n) is 2.06. The van der Waals surface area contributed by atoms with E-state index in [1.165, 1.54) is 0 Å². The Morgan fingerprint density at radius 1 is 1.50 bits per heavy atom. The Morgan fingerprint density at radius 2 is 2.14 bits per heavy atom. The third kappa shape index (κ3) is 2.26. The average molecular weight is 213 g/mol. The molecular weight excluding hydrogens is 200 g/mol. The van der Waals surface area contributed by atoms with Crippen molar-refractivity contribution in [2.24, 2.45) is 0 Å². The summed E-state index contributed by atoms with van der Waals surface area (Å²) in [6, 6.07) is 5.33. The second kappa shape index (κ2) is 4.47. The zero-order valence-corrected chi connectivity index (χ0v) is 9.26. The van der Waals surface area contributed by atoms with E-state index in [1.54, 1.807) is 26.2 Å². The molecule has 0 aromatic heterocycles. The fraction of sp³-hybridized carbons (Fsp3) is 0.364. The van der Waals surface area contributed by atoms with Gasteiger partial charge in [0.05, 0.1) is 12.5 Å². The quantitative estimate of drug-likeness (QED) is 0.569. The Bertz CT molecular complexity index is 345. The fourth-order valence-electron chi connectivity index (χ4n) is 1.25. The number of benzene rings is 1. The van der Waals surface area contributed by atoms with Crippen LogP contribution < -0.4 is 4.74 Å². The Labute approximate surface area is 88.8 Å². The molecule has 1 atom stereocenters. The summed E-state index contributed by atoms with van der Waals surface area (Å²) in [4.78, 5) is 11.6. The van der Waals surface area contributed by atoms with Gasteiger partial charge in [-0.25, -0.2) is 0 Å². The molecule has 0 aliphatic carbocycles. The summed E-state index contributed by atoms with van der Waals surface area (Å²) in [6.45, 7) is 3.54. The molecule has 2 nitrogen and oxygen atoms in total. The van der Waals surface area contributed by atoms with Crippen LogP contribution in [-0.4, -0.2) is 18.3 Å². The highest BCUT2D eigenvalue weighted by Gasteiger charge is 2.14. The van der Waals surface area contributed by atoms with E-state index in [9.17, 15) is 4.79 Å². The number of halogens is 1. The summed E-state index contributed by atoms with van der Waals surface area (Å²) in [7, 11) is 1.60. The largest absolute Gasteiger partial charge is 0.497 e. The zero-order chi connectivity index (χ0) is 10.7. The van der Waals surface area contributed by atoms with Crippen LogP contribution in [0.3, 0.4) is 0 Å². The molecule has 1 rings (SSSR count). The first kappa shape index (κ1) is 11.1. The van der Waals surface area contributed by atoms with Crippen LogP contribution in [0, 0.1) is 6.92 Å². The summed E-state index contributed by atoms with van der Waals surface area (Å²) in [5.41, 5.74) is 1.55. The van der Waals surface area contributed by atoms with Gasteiger partial charge in [-0.1, -0.05) is 0 Å². The van der Waals surface area contributed by atoms with Gasteiger partial charge in [-0.2, -0.15) is 0 Å². The van der Waals surface area contributed by atoms with Gasteiger partial charge in [0, 0.05) is 5.56 Å². The fourth-order valence-corrected chi connectivity index (χ4v) is 1.37. The minimum absolute atomic E-state index is 0.0492. The summed E-state index contributed by atoms with van der Waals surface area (Å²) in [6.07, 6.45) is 0. The maximum atomic E-state index is 11.6. The maximum Gasteiger partial charge on any atom is 0.180 e. The van der Waals surface area contributed by atoms with Gasteiger partial charge in [0.2, 0.25) is 0 Å². The van der Waals surface area contributed by atoms with E-state index in [1.807, 2.05) is 13.0 Å². The molecule has 0 N–H and O–H groups in total. The van der Waals surface area contributed by atoms with E-state index in [0.717, 1.165) is 11.3 Å². The van der Waals surface area contributed by atoms with Crippen LogP contribution >= 0.6 is 11.6 Å². The number of ether oxygens (including phenoxy) is 1. The van der Waals surface area contributed by atoms with Crippen molar-refractivity contribution in [2.45, 2.75) is 19.2 Å². The van der Waals surface area contributed by atoms with Crippen molar-refractivity contribution < 1.29 is 9.53 Å². The van der Waals surface area contributed by atoms with Gasteiger partial charge in [0.1, 0.15) is 5.75 Å². The molecule has 14 heavy (non-hydrogen) atoms. The van der Waals surface area contributed by atoms with Crippen molar-refractivity contribution >= 4 is 17.4 Å². The van der Waals surface area contributed by atoms with E-state index in [2.05, 4.69) is 0 Å². The number of methoxy groups -OCH3 is 1. The molecular formula is C11H13ClO2. The smallest absolute Gasteiger partial charge is 0.180 e. The van der Waals surface area contributed by atoms with Crippen molar-refractivity contribution in [1.82, 2.24) is 0 Å². The Kier molecular flexibility index (Phi) is 3.53. The van der Waals surface area contributed by atoms with Gasteiger partial charge in [-0.15, -0.1) is 11.6 Å². The van der Waals surface area contributed by atoms with Gasteiger partial charge < -0.3 is 4.74 Å². The molecule has 76 valence electrons. The highest BCUT2D eigenvalue weighted by atomic mass is 35.5. The number of alkyl halides is 1. The van der Waals surface area contributed by atoms with Crippen molar-refractivity contribution in [3.63, 3.8) is 0 Å². The van der Waals surface area contributed by atoms with E-state index in [0.29, 0.717) is 5.56 Å². The van der Waals surface area contributed by atoms with Gasteiger partial charge in [-0.05, 0) is 37.6 Å². The molecule has 1 unspecified atom stereocenters. The molecule has 0 fully saturated rings. The minimum atomic E-state index is -0.484. The van der Waals surface area contributed by atoms with Crippen LogP contribution in [0.2, 0.25) is 0 Å². The minimum Gasteiger partial charge on any atom is -0.497 e. The molecule has 1 aromatic carbocycles. The Balaban J connectivity index is 3.06.